The van der Waals surface area contributed by atoms with Crippen molar-refractivity contribution in [1.82, 2.24) is 4.98 Å². The molecule has 2 heterocycles. The standard InChI is InChI=1S/C20H20N4O4S/c1-3-17(25)21-13-7-6-12(2)15(9-13)23-18(26)10-14-11-29-20(22-14)24-19(27)16-5-4-8-28-16/h4-9,11H,3,10H2,1-2H3,(H,21,25)(H,23,26)(H,22,24,27). The number of carbonyl (C=O) groups is 3. The highest BCUT2D eigenvalue weighted by Gasteiger charge is 2.14. The van der Waals surface area contributed by atoms with Crippen molar-refractivity contribution in [3.05, 3.63) is 59.0 Å². The van der Waals surface area contributed by atoms with Gasteiger partial charge >= 0.3 is 0 Å². The van der Waals surface area contributed by atoms with Crippen molar-refractivity contribution < 1.29 is 18.8 Å². The van der Waals surface area contributed by atoms with Crippen LogP contribution in [-0.2, 0) is 16.0 Å². The maximum atomic E-state index is 12.4. The zero-order chi connectivity index (χ0) is 20.8. The average molecular weight is 412 g/mol. The summed E-state index contributed by atoms with van der Waals surface area (Å²) in [5.41, 5.74) is 2.65. The number of furan rings is 1. The minimum Gasteiger partial charge on any atom is -0.459 e. The number of thiazole rings is 1. The molecule has 0 aliphatic carbocycles. The van der Waals surface area contributed by atoms with Gasteiger partial charge in [-0.25, -0.2) is 4.98 Å². The van der Waals surface area contributed by atoms with Crippen LogP contribution in [0.25, 0.3) is 0 Å². The Bertz CT molecular complexity index is 1030. The molecule has 0 bridgehead atoms. The highest BCUT2D eigenvalue weighted by Crippen LogP contribution is 2.22. The summed E-state index contributed by atoms with van der Waals surface area (Å²) in [7, 11) is 0. The summed E-state index contributed by atoms with van der Waals surface area (Å²) >= 11 is 1.23. The molecule has 0 radical (unpaired) electrons. The van der Waals surface area contributed by atoms with E-state index in [2.05, 4.69) is 20.9 Å². The molecule has 0 aliphatic rings. The van der Waals surface area contributed by atoms with Crippen molar-refractivity contribution in [1.29, 1.82) is 0 Å². The molecule has 0 saturated carbocycles. The van der Waals surface area contributed by atoms with E-state index in [4.69, 9.17) is 4.42 Å². The van der Waals surface area contributed by atoms with Gasteiger partial charge in [-0.1, -0.05) is 13.0 Å². The van der Waals surface area contributed by atoms with Crippen LogP contribution in [0.15, 0.2) is 46.4 Å². The Morgan fingerprint density at radius 2 is 1.93 bits per heavy atom. The van der Waals surface area contributed by atoms with Crippen LogP contribution in [0.4, 0.5) is 16.5 Å². The Hall–Kier alpha value is -3.46. The SMILES string of the molecule is CCC(=O)Nc1ccc(C)c(NC(=O)Cc2csc(NC(=O)c3ccco3)n2)c1. The number of aromatic nitrogens is 1. The quantitative estimate of drug-likeness (QED) is 0.546. The Balaban J connectivity index is 1.60. The summed E-state index contributed by atoms with van der Waals surface area (Å²) < 4.78 is 5.03. The second-order valence-electron chi connectivity index (χ2n) is 6.23. The molecule has 3 amide bonds. The third kappa shape index (κ3) is 5.52. The molecule has 1 aromatic carbocycles. The second-order valence-corrected chi connectivity index (χ2v) is 7.09. The molecular formula is C20H20N4O4S. The lowest BCUT2D eigenvalue weighted by molar-refractivity contribution is -0.116. The molecule has 29 heavy (non-hydrogen) atoms. The van der Waals surface area contributed by atoms with E-state index < -0.39 is 5.91 Å². The summed E-state index contributed by atoms with van der Waals surface area (Å²) in [5.74, 6) is -0.564. The Morgan fingerprint density at radius 1 is 1.10 bits per heavy atom. The van der Waals surface area contributed by atoms with Crippen molar-refractivity contribution >= 4 is 45.6 Å². The monoisotopic (exact) mass is 412 g/mol. The molecule has 0 fully saturated rings. The van der Waals surface area contributed by atoms with E-state index in [-0.39, 0.29) is 24.0 Å². The molecule has 0 spiro atoms. The molecule has 0 atom stereocenters. The van der Waals surface area contributed by atoms with Crippen molar-refractivity contribution in [2.24, 2.45) is 0 Å². The van der Waals surface area contributed by atoms with Crippen LogP contribution < -0.4 is 16.0 Å². The molecule has 9 heteroatoms. The number of aryl methyl sites for hydroxylation is 1. The highest BCUT2D eigenvalue weighted by atomic mass is 32.1. The third-order valence-corrected chi connectivity index (χ3v) is 4.78. The van der Waals surface area contributed by atoms with Crippen LogP contribution in [0.5, 0.6) is 0 Å². The number of hydrogen-bond donors (Lipinski definition) is 3. The molecule has 0 unspecified atom stereocenters. The minimum atomic E-state index is -0.401. The molecule has 0 saturated heterocycles. The van der Waals surface area contributed by atoms with Crippen molar-refractivity contribution in [3.63, 3.8) is 0 Å². The first-order valence-corrected chi connectivity index (χ1v) is 9.82. The van der Waals surface area contributed by atoms with E-state index in [0.717, 1.165) is 5.56 Å². The predicted octanol–water partition coefficient (Wildman–Crippen LogP) is 3.83. The maximum Gasteiger partial charge on any atom is 0.293 e. The number of benzene rings is 1. The topological polar surface area (TPSA) is 113 Å². The van der Waals surface area contributed by atoms with Gasteiger partial charge in [0, 0.05) is 23.2 Å². The van der Waals surface area contributed by atoms with E-state index in [9.17, 15) is 14.4 Å². The zero-order valence-corrected chi connectivity index (χ0v) is 16.8. The van der Waals surface area contributed by atoms with E-state index in [1.807, 2.05) is 13.0 Å². The van der Waals surface area contributed by atoms with E-state index in [1.165, 1.54) is 17.6 Å². The smallest absolute Gasteiger partial charge is 0.293 e. The average Bonchev–Trinajstić information content (AvgIpc) is 3.36. The van der Waals surface area contributed by atoms with Gasteiger partial charge in [0.2, 0.25) is 11.8 Å². The fourth-order valence-electron chi connectivity index (χ4n) is 2.45. The molecular weight excluding hydrogens is 392 g/mol. The van der Waals surface area contributed by atoms with Gasteiger partial charge in [-0.3, -0.25) is 19.7 Å². The fourth-order valence-corrected chi connectivity index (χ4v) is 3.16. The molecule has 150 valence electrons. The van der Waals surface area contributed by atoms with Gasteiger partial charge in [0.15, 0.2) is 10.9 Å². The molecule has 3 aromatic rings. The number of anilines is 3. The van der Waals surface area contributed by atoms with Crippen LogP contribution >= 0.6 is 11.3 Å². The van der Waals surface area contributed by atoms with Crippen LogP contribution in [0.2, 0.25) is 0 Å². The number of amides is 3. The van der Waals surface area contributed by atoms with Gasteiger partial charge in [0.05, 0.1) is 18.4 Å². The van der Waals surface area contributed by atoms with Crippen LogP contribution in [0.1, 0.15) is 35.2 Å². The van der Waals surface area contributed by atoms with E-state index in [1.54, 1.807) is 36.6 Å². The summed E-state index contributed by atoms with van der Waals surface area (Å²) in [6.45, 7) is 3.64. The van der Waals surface area contributed by atoms with Crippen molar-refractivity contribution in [2.45, 2.75) is 26.7 Å². The molecule has 8 nitrogen and oxygen atoms in total. The summed E-state index contributed by atoms with van der Waals surface area (Å²) in [5, 5.41) is 10.3. The van der Waals surface area contributed by atoms with E-state index >= 15 is 0 Å². The number of nitrogens with one attached hydrogen (secondary N) is 3. The highest BCUT2D eigenvalue weighted by molar-refractivity contribution is 7.14. The zero-order valence-electron chi connectivity index (χ0n) is 15.9. The first-order valence-electron chi connectivity index (χ1n) is 8.94. The minimum absolute atomic E-state index is 0.0537. The van der Waals surface area contributed by atoms with Gasteiger partial charge in [-0.2, -0.15) is 0 Å². The Kier molecular flexibility index (Phi) is 6.40. The lowest BCUT2D eigenvalue weighted by Crippen LogP contribution is -2.16. The molecule has 0 aliphatic heterocycles. The normalized spacial score (nSPS) is 10.4. The maximum absolute atomic E-state index is 12.4. The fraction of sp³-hybridized carbons (Fsp3) is 0.200. The largest absolute Gasteiger partial charge is 0.459 e. The van der Waals surface area contributed by atoms with Crippen molar-refractivity contribution in [3.8, 4) is 0 Å². The lowest BCUT2D eigenvalue weighted by Gasteiger charge is -2.11. The number of hydrogen-bond acceptors (Lipinski definition) is 6. The number of nitrogens with zero attached hydrogens (tertiary/aromatic N) is 1. The van der Waals surface area contributed by atoms with Crippen LogP contribution in [-0.4, -0.2) is 22.7 Å². The number of carbonyl (C=O) groups excluding carboxylic acids is 3. The first kappa shape index (κ1) is 20.3. The van der Waals surface area contributed by atoms with E-state index in [0.29, 0.717) is 28.6 Å². The van der Waals surface area contributed by atoms with Crippen LogP contribution in [0.3, 0.4) is 0 Å². The molecule has 3 N–H and O–H groups in total. The second kappa shape index (κ2) is 9.16. The summed E-state index contributed by atoms with van der Waals surface area (Å²) in [6.07, 6.45) is 1.84. The molecule has 2 aromatic heterocycles. The van der Waals surface area contributed by atoms with Crippen molar-refractivity contribution in [2.75, 3.05) is 16.0 Å². The van der Waals surface area contributed by atoms with Gasteiger partial charge in [0.1, 0.15) is 0 Å². The number of rotatable bonds is 7. The van der Waals surface area contributed by atoms with Crippen LogP contribution in [0, 0.1) is 6.92 Å². The van der Waals surface area contributed by atoms with Gasteiger partial charge in [-0.05, 0) is 36.8 Å². The van der Waals surface area contributed by atoms with Gasteiger partial charge < -0.3 is 15.1 Å². The summed E-state index contributed by atoms with van der Waals surface area (Å²) in [4.78, 5) is 40.2. The Morgan fingerprint density at radius 3 is 2.66 bits per heavy atom. The molecule has 3 rings (SSSR count). The summed E-state index contributed by atoms with van der Waals surface area (Å²) in [6, 6.07) is 8.50. The lowest BCUT2D eigenvalue weighted by atomic mass is 10.1. The van der Waals surface area contributed by atoms with Gasteiger partial charge in [0.25, 0.3) is 5.91 Å². The first-order chi connectivity index (χ1) is 13.9. The predicted molar refractivity (Wildman–Crippen MR) is 111 cm³/mol. The third-order valence-electron chi connectivity index (χ3n) is 3.98. The Labute approximate surface area is 171 Å². The van der Waals surface area contributed by atoms with Gasteiger partial charge in [-0.15, -0.1) is 11.3 Å².